The molecule has 0 aliphatic carbocycles. The summed E-state index contributed by atoms with van der Waals surface area (Å²) in [6.07, 6.45) is 1.85. The van der Waals surface area contributed by atoms with Crippen LogP contribution in [-0.4, -0.2) is 40.2 Å². The summed E-state index contributed by atoms with van der Waals surface area (Å²) in [6, 6.07) is 16.9. The molecule has 0 radical (unpaired) electrons. The summed E-state index contributed by atoms with van der Waals surface area (Å²) in [5.74, 6) is 0.719. The van der Waals surface area contributed by atoms with Crippen molar-refractivity contribution >= 4 is 16.0 Å². The lowest BCUT2D eigenvalue weighted by Gasteiger charge is -2.13. The molecule has 1 aliphatic rings. The molecule has 0 saturated carbocycles. The van der Waals surface area contributed by atoms with Crippen molar-refractivity contribution in [1.82, 2.24) is 15.4 Å². The lowest BCUT2D eigenvalue weighted by Crippen LogP contribution is -2.36. The fraction of sp³-hybridized carbons (Fsp3) is 0.409. The van der Waals surface area contributed by atoms with E-state index in [1.54, 1.807) is 12.1 Å². The van der Waals surface area contributed by atoms with E-state index in [1.165, 1.54) is 0 Å². The standard InChI is InChI=1S/C22H30N4O3S/c1-2-23-22(24-15-18-7-4-3-5-8-18)25-16-19-10-12-21(13-11-19)30(27,28)26-17-20-9-6-14-29-20/h3-5,7-8,10-13,20,26H,2,6,9,14-17H2,1H3,(H2,23,24,25). The minimum Gasteiger partial charge on any atom is -0.377 e. The van der Waals surface area contributed by atoms with Gasteiger partial charge >= 0.3 is 0 Å². The summed E-state index contributed by atoms with van der Waals surface area (Å²) in [5.41, 5.74) is 2.11. The van der Waals surface area contributed by atoms with Crippen molar-refractivity contribution in [3.05, 3.63) is 65.7 Å². The van der Waals surface area contributed by atoms with Crippen LogP contribution >= 0.6 is 0 Å². The highest BCUT2D eigenvalue weighted by Gasteiger charge is 2.20. The van der Waals surface area contributed by atoms with Gasteiger partial charge in [0.25, 0.3) is 0 Å². The third-order valence-corrected chi connectivity index (χ3v) is 6.26. The largest absolute Gasteiger partial charge is 0.377 e. The second-order valence-corrected chi connectivity index (χ2v) is 8.93. The molecule has 0 aromatic heterocycles. The molecular formula is C22H30N4O3S. The molecule has 0 bridgehead atoms. The van der Waals surface area contributed by atoms with Gasteiger partial charge < -0.3 is 15.4 Å². The summed E-state index contributed by atoms with van der Waals surface area (Å²) < 4.78 is 33.0. The van der Waals surface area contributed by atoms with Gasteiger partial charge in [-0.05, 0) is 43.0 Å². The van der Waals surface area contributed by atoms with Gasteiger partial charge in [-0.1, -0.05) is 42.5 Å². The van der Waals surface area contributed by atoms with Gasteiger partial charge in [0.2, 0.25) is 10.0 Å². The van der Waals surface area contributed by atoms with Crippen molar-refractivity contribution in [3.63, 3.8) is 0 Å². The van der Waals surface area contributed by atoms with Gasteiger partial charge in [0.1, 0.15) is 0 Å². The Morgan fingerprint density at radius 2 is 1.83 bits per heavy atom. The van der Waals surface area contributed by atoms with Gasteiger partial charge in [-0.15, -0.1) is 0 Å². The molecule has 0 spiro atoms. The van der Waals surface area contributed by atoms with Crippen molar-refractivity contribution in [2.45, 2.75) is 43.9 Å². The van der Waals surface area contributed by atoms with Crippen molar-refractivity contribution in [2.24, 2.45) is 4.99 Å². The number of guanidine groups is 1. The maximum absolute atomic E-state index is 12.5. The third kappa shape index (κ3) is 6.83. The van der Waals surface area contributed by atoms with Crippen LogP contribution in [-0.2, 0) is 27.8 Å². The number of benzene rings is 2. The Balaban J connectivity index is 1.54. The van der Waals surface area contributed by atoms with Crippen LogP contribution in [0.4, 0.5) is 0 Å². The highest BCUT2D eigenvalue weighted by atomic mass is 32.2. The minimum atomic E-state index is -3.53. The van der Waals surface area contributed by atoms with E-state index < -0.39 is 10.0 Å². The van der Waals surface area contributed by atoms with E-state index in [0.717, 1.165) is 36.5 Å². The smallest absolute Gasteiger partial charge is 0.240 e. The molecule has 1 atom stereocenters. The summed E-state index contributed by atoms with van der Waals surface area (Å²) in [7, 11) is -3.53. The van der Waals surface area contributed by atoms with E-state index >= 15 is 0 Å². The minimum absolute atomic E-state index is 0.0251. The molecule has 0 amide bonds. The molecule has 1 aliphatic heterocycles. The zero-order valence-corrected chi connectivity index (χ0v) is 18.1. The van der Waals surface area contributed by atoms with E-state index in [9.17, 15) is 8.42 Å². The Hall–Kier alpha value is -2.42. The van der Waals surface area contributed by atoms with Crippen LogP contribution in [0.15, 0.2) is 64.5 Å². The van der Waals surface area contributed by atoms with E-state index in [-0.39, 0.29) is 11.0 Å². The molecule has 7 nitrogen and oxygen atoms in total. The maximum atomic E-state index is 12.5. The van der Waals surface area contributed by atoms with E-state index in [2.05, 4.69) is 20.3 Å². The predicted molar refractivity (Wildman–Crippen MR) is 119 cm³/mol. The summed E-state index contributed by atoms with van der Waals surface area (Å²) >= 11 is 0. The van der Waals surface area contributed by atoms with Crippen molar-refractivity contribution in [2.75, 3.05) is 19.7 Å². The van der Waals surface area contributed by atoms with E-state index in [1.807, 2.05) is 49.4 Å². The molecule has 1 unspecified atom stereocenters. The van der Waals surface area contributed by atoms with Gasteiger partial charge in [0.05, 0.1) is 17.5 Å². The Kier molecular flexibility index (Phi) is 8.24. The highest BCUT2D eigenvalue weighted by Crippen LogP contribution is 2.14. The number of ether oxygens (including phenoxy) is 1. The SMILES string of the molecule is CCNC(=NCc1ccccc1)NCc1ccc(S(=O)(=O)NCC2CCCO2)cc1. The van der Waals surface area contributed by atoms with E-state index in [0.29, 0.717) is 26.2 Å². The second-order valence-electron chi connectivity index (χ2n) is 7.17. The first-order valence-electron chi connectivity index (χ1n) is 10.3. The van der Waals surface area contributed by atoms with Crippen LogP contribution in [0.3, 0.4) is 0 Å². The normalized spacial score (nSPS) is 17.1. The quantitative estimate of drug-likeness (QED) is 0.420. The van der Waals surface area contributed by atoms with Crippen LogP contribution in [0, 0.1) is 0 Å². The maximum Gasteiger partial charge on any atom is 0.240 e. The lowest BCUT2D eigenvalue weighted by molar-refractivity contribution is 0.114. The molecule has 2 aromatic rings. The number of sulfonamides is 1. The molecule has 30 heavy (non-hydrogen) atoms. The summed E-state index contributed by atoms with van der Waals surface area (Å²) in [5, 5.41) is 6.51. The van der Waals surface area contributed by atoms with Gasteiger partial charge in [-0.2, -0.15) is 0 Å². The number of aliphatic imine (C=N–C) groups is 1. The van der Waals surface area contributed by atoms with Crippen LogP contribution < -0.4 is 15.4 Å². The van der Waals surface area contributed by atoms with Crippen molar-refractivity contribution in [1.29, 1.82) is 0 Å². The molecule has 3 rings (SSSR count). The van der Waals surface area contributed by atoms with Gasteiger partial charge in [0, 0.05) is 26.2 Å². The first kappa shape index (κ1) is 22.3. The van der Waals surface area contributed by atoms with Gasteiger partial charge in [0.15, 0.2) is 5.96 Å². The second kappa shape index (κ2) is 11.1. The Labute approximate surface area is 179 Å². The Morgan fingerprint density at radius 1 is 1.07 bits per heavy atom. The number of rotatable bonds is 9. The molecule has 162 valence electrons. The molecule has 3 N–H and O–H groups in total. The summed E-state index contributed by atoms with van der Waals surface area (Å²) in [6.45, 7) is 4.93. The molecule has 1 fully saturated rings. The average Bonchev–Trinajstić information content (AvgIpc) is 3.29. The van der Waals surface area contributed by atoms with E-state index in [4.69, 9.17) is 4.74 Å². The zero-order chi connectivity index (χ0) is 21.2. The molecule has 1 heterocycles. The van der Waals surface area contributed by atoms with Crippen LogP contribution in [0.25, 0.3) is 0 Å². The van der Waals surface area contributed by atoms with Crippen molar-refractivity contribution < 1.29 is 13.2 Å². The third-order valence-electron chi connectivity index (χ3n) is 4.83. The number of hydrogen-bond donors (Lipinski definition) is 3. The van der Waals surface area contributed by atoms with Crippen LogP contribution in [0.1, 0.15) is 30.9 Å². The Bertz CT molecular complexity index is 909. The van der Waals surface area contributed by atoms with Crippen LogP contribution in [0.2, 0.25) is 0 Å². The van der Waals surface area contributed by atoms with Crippen LogP contribution in [0.5, 0.6) is 0 Å². The first-order valence-corrected chi connectivity index (χ1v) is 11.8. The predicted octanol–water partition coefficient (Wildman–Crippen LogP) is 2.40. The monoisotopic (exact) mass is 430 g/mol. The molecular weight excluding hydrogens is 400 g/mol. The zero-order valence-electron chi connectivity index (χ0n) is 17.3. The lowest BCUT2D eigenvalue weighted by atomic mass is 10.2. The first-order chi connectivity index (χ1) is 14.6. The number of hydrogen-bond acceptors (Lipinski definition) is 4. The van der Waals surface area contributed by atoms with Crippen molar-refractivity contribution in [3.8, 4) is 0 Å². The summed E-state index contributed by atoms with van der Waals surface area (Å²) in [4.78, 5) is 4.85. The highest BCUT2D eigenvalue weighted by molar-refractivity contribution is 7.89. The molecule has 2 aromatic carbocycles. The topological polar surface area (TPSA) is 91.8 Å². The number of nitrogens with one attached hydrogen (secondary N) is 3. The average molecular weight is 431 g/mol. The fourth-order valence-electron chi connectivity index (χ4n) is 3.16. The Morgan fingerprint density at radius 3 is 2.50 bits per heavy atom. The number of nitrogens with zero attached hydrogens (tertiary/aromatic N) is 1. The molecule has 1 saturated heterocycles. The van der Waals surface area contributed by atoms with Gasteiger partial charge in [-0.3, -0.25) is 0 Å². The molecule has 8 heteroatoms. The van der Waals surface area contributed by atoms with Gasteiger partial charge in [-0.25, -0.2) is 18.1 Å². The fourth-order valence-corrected chi connectivity index (χ4v) is 4.23.